The van der Waals surface area contributed by atoms with E-state index in [1.165, 1.54) is 6.92 Å². The lowest BCUT2D eigenvalue weighted by Crippen LogP contribution is -2.24. The smallest absolute Gasteiger partial charge is 0.159 e. The monoisotopic (exact) mass is 293 g/mol. The maximum Gasteiger partial charge on any atom is 0.159 e. The maximum atomic E-state index is 11.4. The van der Waals surface area contributed by atoms with E-state index in [0.29, 0.717) is 23.4 Å². The zero-order chi connectivity index (χ0) is 15.9. The van der Waals surface area contributed by atoms with Gasteiger partial charge < -0.3 is 10.2 Å². The molecule has 0 radical (unpaired) electrons. The number of anilines is 2. The van der Waals surface area contributed by atoms with Crippen molar-refractivity contribution in [3.05, 3.63) is 59.7 Å². The van der Waals surface area contributed by atoms with Crippen molar-refractivity contribution in [1.29, 1.82) is 5.26 Å². The number of nitriles is 1. The Morgan fingerprint density at radius 2 is 1.95 bits per heavy atom. The fourth-order valence-corrected chi connectivity index (χ4v) is 2.18. The molecule has 0 unspecified atom stereocenters. The number of carbonyl (C=O) groups excluding carboxylic acids is 1. The van der Waals surface area contributed by atoms with E-state index in [4.69, 9.17) is 5.26 Å². The highest BCUT2D eigenvalue weighted by Gasteiger charge is 2.07. The van der Waals surface area contributed by atoms with Crippen molar-refractivity contribution in [1.82, 2.24) is 0 Å². The van der Waals surface area contributed by atoms with Crippen molar-refractivity contribution in [2.45, 2.75) is 6.92 Å². The first-order valence-corrected chi connectivity index (χ1v) is 7.17. The van der Waals surface area contributed by atoms with Gasteiger partial charge in [-0.2, -0.15) is 5.26 Å². The number of Topliss-reactive ketones (excluding diaryl/α,β-unsaturated/α-hetero) is 1. The van der Waals surface area contributed by atoms with Crippen LogP contribution < -0.4 is 10.2 Å². The summed E-state index contributed by atoms with van der Waals surface area (Å²) in [5.74, 6) is -0.00561. The lowest BCUT2D eigenvalue weighted by molar-refractivity contribution is 0.101. The van der Waals surface area contributed by atoms with E-state index in [-0.39, 0.29) is 5.78 Å². The van der Waals surface area contributed by atoms with Crippen LogP contribution in [0.15, 0.2) is 48.5 Å². The zero-order valence-corrected chi connectivity index (χ0v) is 12.8. The summed E-state index contributed by atoms with van der Waals surface area (Å²) >= 11 is 0. The molecule has 1 N–H and O–H groups in total. The molecule has 2 aromatic carbocycles. The summed E-state index contributed by atoms with van der Waals surface area (Å²) < 4.78 is 0. The number of rotatable bonds is 6. The Labute approximate surface area is 131 Å². The molecule has 22 heavy (non-hydrogen) atoms. The van der Waals surface area contributed by atoms with E-state index in [2.05, 4.69) is 28.4 Å². The van der Waals surface area contributed by atoms with E-state index >= 15 is 0 Å². The van der Waals surface area contributed by atoms with Gasteiger partial charge in [-0.05, 0) is 37.3 Å². The number of likely N-dealkylation sites (N-methyl/N-ethyl adjacent to an activating group) is 1. The number of nitrogens with one attached hydrogen (secondary N) is 1. The van der Waals surface area contributed by atoms with Crippen molar-refractivity contribution in [3.8, 4) is 6.07 Å². The van der Waals surface area contributed by atoms with Crippen LogP contribution in [0.3, 0.4) is 0 Å². The minimum atomic E-state index is -0.00561. The number of benzene rings is 2. The third-order valence-corrected chi connectivity index (χ3v) is 3.51. The minimum absolute atomic E-state index is 0.00561. The molecule has 2 rings (SSSR count). The third-order valence-electron chi connectivity index (χ3n) is 3.51. The molecule has 0 heterocycles. The molecule has 0 aliphatic rings. The molecule has 0 fully saturated rings. The number of nitrogens with zero attached hydrogens (tertiary/aromatic N) is 2. The second kappa shape index (κ2) is 7.28. The molecule has 0 aliphatic carbocycles. The average Bonchev–Trinajstić information content (AvgIpc) is 2.55. The maximum absolute atomic E-state index is 11.4. The van der Waals surface area contributed by atoms with E-state index in [1.807, 2.05) is 25.2 Å². The molecule has 0 spiro atoms. The predicted molar refractivity (Wildman–Crippen MR) is 89.4 cm³/mol. The van der Waals surface area contributed by atoms with Crippen LogP contribution in [-0.4, -0.2) is 25.9 Å². The molecule has 0 saturated heterocycles. The summed E-state index contributed by atoms with van der Waals surface area (Å²) in [5.41, 5.74) is 3.00. The molecule has 0 saturated carbocycles. The summed E-state index contributed by atoms with van der Waals surface area (Å²) in [6, 6.07) is 17.3. The Kier molecular flexibility index (Phi) is 5.16. The molecule has 4 nitrogen and oxygen atoms in total. The van der Waals surface area contributed by atoms with Gasteiger partial charge in [0.2, 0.25) is 0 Å². The lowest BCUT2D eigenvalue weighted by Gasteiger charge is -2.20. The number of hydrogen-bond donors (Lipinski definition) is 1. The van der Waals surface area contributed by atoms with Crippen molar-refractivity contribution >= 4 is 17.2 Å². The van der Waals surface area contributed by atoms with Crippen LogP contribution >= 0.6 is 0 Å². The van der Waals surface area contributed by atoms with E-state index < -0.39 is 0 Å². The van der Waals surface area contributed by atoms with Crippen LogP contribution in [0, 0.1) is 11.3 Å². The quantitative estimate of drug-likeness (QED) is 0.830. The van der Waals surface area contributed by atoms with Crippen molar-refractivity contribution in [2.75, 3.05) is 30.4 Å². The Balaban J connectivity index is 2.01. The summed E-state index contributed by atoms with van der Waals surface area (Å²) in [4.78, 5) is 13.6. The van der Waals surface area contributed by atoms with Gasteiger partial charge in [-0.1, -0.05) is 18.2 Å². The van der Waals surface area contributed by atoms with Crippen LogP contribution in [0.2, 0.25) is 0 Å². The first-order chi connectivity index (χ1) is 10.6. The Bertz CT molecular complexity index is 689. The van der Waals surface area contributed by atoms with Crippen LogP contribution in [0.4, 0.5) is 11.4 Å². The highest BCUT2D eigenvalue weighted by Crippen LogP contribution is 2.18. The van der Waals surface area contributed by atoms with Crippen molar-refractivity contribution in [3.63, 3.8) is 0 Å². The van der Waals surface area contributed by atoms with Crippen LogP contribution in [0.25, 0.3) is 0 Å². The lowest BCUT2D eigenvalue weighted by atomic mass is 10.1. The Morgan fingerprint density at radius 1 is 1.23 bits per heavy atom. The standard InChI is InChI=1S/C18H19N3O/c1-14(22)15-8-9-16(13-19)18(12-15)20-10-11-21(2)17-6-4-3-5-7-17/h3-9,12,20H,10-11H2,1-2H3. The Morgan fingerprint density at radius 3 is 2.59 bits per heavy atom. The first-order valence-electron chi connectivity index (χ1n) is 7.17. The molecule has 0 bridgehead atoms. The van der Waals surface area contributed by atoms with Gasteiger partial charge >= 0.3 is 0 Å². The Hall–Kier alpha value is -2.80. The number of carbonyl (C=O) groups is 1. The average molecular weight is 293 g/mol. The van der Waals surface area contributed by atoms with E-state index in [1.54, 1.807) is 18.2 Å². The molecule has 0 amide bonds. The van der Waals surface area contributed by atoms with Gasteiger partial charge in [-0.25, -0.2) is 0 Å². The van der Waals surface area contributed by atoms with E-state index in [9.17, 15) is 4.79 Å². The van der Waals surface area contributed by atoms with Gasteiger partial charge in [-0.3, -0.25) is 4.79 Å². The van der Waals surface area contributed by atoms with Crippen LogP contribution in [-0.2, 0) is 0 Å². The molecule has 0 atom stereocenters. The van der Waals surface area contributed by atoms with Crippen LogP contribution in [0.5, 0.6) is 0 Å². The molecule has 4 heteroatoms. The van der Waals surface area contributed by atoms with E-state index in [0.717, 1.165) is 12.2 Å². The minimum Gasteiger partial charge on any atom is -0.382 e. The summed E-state index contributed by atoms with van der Waals surface area (Å²) in [6.45, 7) is 2.99. The van der Waals surface area contributed by atoms with Gasteiger partial charge in [0.15, 0.2) is 5.78 Å². The fourth-order valence-electron chi connectivity index (χ4n) is 2.18. The summed E-state index contributed by atoms with van der Waals surface area (Å²) in [6.07, 6.45) is 0. The number of hydrogen-bond acceptors (Lipinski definition) is 4. The molecule has 0 aromatic heterocycles. The molecular formula is C18H19N3O. The topological polar surface area (TPSA) is 56.1 Å². The fraction of sp³-hybridized carbons (Fsp3) is 0.222. The summed E-state index contributed by atoms with van der Waals surface area (Å²) in [7, 11) is 2.02. The summed E-state index contributed by atoms with van der Waals surface area (Å²) in [5, 5.41) is 12.4. The van der Waals surface area contributed by atoms with Gasteiger partial charge in [0.25, 0.3) is 0 Å². The second-order valence-corrected chi connectivity index (χ2v) is 5.11. The highest BCUT2D eigenvalue weighted by atomic mass is 16.1. The number of para-hydroxylation sites is 1. The molecule has 2 aromatic rings. The highest BCUT2D eigenvalue weighted by molar-refractivity contribution is 5.95. The van der Waals surface area contributed by atoms with Crippen molar-refractivity contribution < 1.29 is 4.79 Å². The molecular weight excluding hydrogens is 274 g/mol. The first kappa shape index (κ1) is 15.6. The SMILES string of the molecule is CC(=O)c1ccc(C#N)c(NCCN(C)c2ccccc2)c1. The normalized spacial score (nSPS) is 9.86. The zero-order valence-electron chi connectivity index (χ0n) is 12.8. The van der Waals surface area contributed by atoms with Gasteiger partial charge in [0.05, 0.1) is 11.3 Å². The molecule has 112 valence electrons. The molecule has 0 aliphatic heterocycles. The van der Waals surface area contributed by atoms with Crippen LogP contribution in [0.1, 0.15) is 22.8 Å². The van der Waals surface area contributed by atoms with Gasteiger partial charge in [0, 0.05) is 31.4 Å². The van der Waals surface area contributed by atoms with Gasteiger partial charge in [0.1, 0.15) is 6.07 Å². The largest absolute Gasteiger partial charge is 0.382 e. The number of ketones is 1. The van der Waals surface area contributed by atoms with Crippen molar-refractivity contribution in [2.24, 2.45) is 0 Å². The third kappa shape index (κ3) is 3.86. The van der Waals surface area contributed by atoms with Gasteiger partial charge in [-0.15, -0.1) is 0 Å². The second-order valence-electron chi connectivity index (χ2n) is 5.11. The predicted octanol–water partition coefficient (Wildman–Crippen LogP) is 3.31.